The van der Waals surface area contributed by atoms with Crippen molar-refractivity contribution in [2.75, 3.05) is 5.32 Å². The molecule has 8 heteroatoms. The molecule has 3 aromatic heterocycles. The Bertz CT molecular complexity index is 1250. The van der Waals surface area contributed by atoms with Gasteiger partial charge in [0.15, 0.2) is 5.82 Å². The molecule has 0 fully saturated rings. The van der Waals surface area contributed by atoms with Crippen LogP contribution in [0, 0.1) is 11.2 Å². The fraction of sp³-hybridized carbons (Fsp3) is 0.273. The van der Waals surface area contributed by atoms with Crippen LogP contribution in [0.25, 0.3) is 33.3 Å². The molecule has 0 aliphatic rings. The van der Waals surface area contributed by atoms with Crippen LogP contribution < -0.4 is 5.32 Å². The second-order valence-electron chi connectivity index (χ2n) is 8.33. The molecule has 7 nitrogen and oxygen atoms in total. The number of anilines is 1. The molecule has 30 heavy (non-hydrogen) atoms. The van der Waals surface area contributed by atoms with E-state index < -0.39 is 11.8 Å². The van der Waals surface area contributed by atoms with Crippen LogP contribution in [0.1, 0.15) is 27.2 Å². The van der Waals surface area contributed by atoms with E-state index in [1.54, 1.807) is 6.20 Å². The average molecular weight is 407 g/mol. The highest BCUT2D eigenvalue weighted by molar-refractivity contribution is 5.95. The summed E-state index contributed by atoms with van der Waals surface area (Å²) in [5.74, 6) is -0.399. The van der Waals surface area contributed by atoms with E-state index in [-0.39, 0.29) is 17.9 Å². The van der Waals surface area contributed by atoms with Gasteiger partial charge in [0.1, 0.15) is 17.3 Å². The summed E-state index contributed by atoms with van der Waals surface area (Å²) in [6.07, 6.45) is 2.79. The number of rotatable bonds is 5. The molecule has 0 amide bonds. The van der Waals surface area contributed by atoms with Crippen molar-refractivity contribution >= 4 is 33.7 Å². The number of aromatic amines is 1. The lowest BCUT2D eigenvalue weighted by atomic mass is 9.84. The van der Waals surface area contributed by atoms with Crippen LogP contribution in [-0.4, -0.2) is 37.1 Å². The molecule has 0 unspecified atom stereocenters. The number of nitrogens with zero attached hydrogens (tertiary/aromatic N) is 3. The molecular weight excluding hydrogens is 385 g/mol. The van der Waals surface area contributed by atoms with Crippen molar-refractivity contribution in [2.45, 2.75) is 33.2 Å². The summed E-state index contributed by atoms with van der Waals surface area (Å²) >= 11 is 0. The third-order valence-corrected chi connectivity index (χ3v) is 5.08. The Morgan fingerprint density at radius 1 is 1.23 bits per heavy atom. The van der Waals surface area contributed by atoms with Gasteiger partial charge in [-0.05, 0) is 23.6 Å². The van der Waals surface area contributed by atoms with Gasteiger partial charge in [0.05, 0.1) is 18.1 Å². The van der Waals surface area contributed by atoms with E-state index in [4.69, 9.17) is 4.98 Å². The van der Waals surface area contributed by atoms with Gasteiger partial charge in [-0.25, -0.2) is 19.3 Å². The van der Waals surface area contributed by atoms with Crippen molar-refractivity contribution in [1.82, 2.24) is 19.9 Å². The third-order valence-electron chi connectivity index (χ3n) is 5.08. The van der Waals surface area contributed by atoms with Crippen LogP contribution in [0.5, 0.6) is 0 Å². The summed E-state index contributed by atoms with van der Waals surface area (Å²) in [7, 11) is 0. The summed E-state index contributed by atoms with van der Waals surface area (Å²) in [5.41, 5.74) is 1.54. The number of benzene rings is 1. The van der Waals surface area contributed by atoms with E-state index in [9.17, 15) is 14.3 Å². The number of hydrogen-bond acceptors (Lipinski definition) is 5. The van der Waals surface area contributed by atoms with Gasteiger partial charge in [-0.2, -0.15) is 0 Å². The first-order valence-electron chi connectivity index (χ1n) is 9.60. The van der Waals surface area contributed by atoms with Crippen LogP contribution in [0.2, 0.25) is 0 Å². The number of aromatic nitrogens is 4. The van der Waals surface area contributed by atoms with Gasteiger partial charge >= 0.3 is 5.97 Å². The fourth-order valence-electron chi connectivity index (χ4n) is 3.38. The summed E-state index contributed by atoms with van der Waals surface area (Å²) in [4.78, 5) is 27.8. The molecule has 4 rings (SSSR count). The van der Waals surface area contributed by atoms with Crippen molar-refractivity contribution in [3.8, 4) is 11.4 Å². The molecule has 0 aliphatic heterocycles. The van der Waals surface area contributed by atoms with E-state index in [1.165, 1.54) is 6.07 Å². The van der Waals surface area contributed by atoms with Gasteiger partial charge in [-0.15, -0.1) is 0 Å². The maximum atomic E-state index is 13.8. The molecule has 1 atom stereocenters. The van der Waals surface area contributed by atoms with E-state index in [0.717, 1.165) is 11.6 Å². The van der Waals surface area contributed by atoms with Gasteiger partial charge in [0.2, 0.25) is 0 Å². The molecule has 3 heterocycles. The summed E-state index contributed by atoms with van der Waals surface area (Å²) in [5, 5.41) is 14.1. The minimum Gasteiger partial charge on any atom is -0.481 e. The Kier molecular flexibility index (Phi) is 4.85. The van der Waals surface area contributed by atoms with Crippen molar-refractivity contribution in [3.63, 3.8) is 0 Å². The first-order chi connectivity index (χ1) is 14.2. The lowest BCUT2D eigenvalue weighted by molar-refractivity contribution is -0.137. The molecule has 0 saturated carbocycles. The number of H-pyrrole nitrogens is 1. The highest BCUT2D eigenvalue weighted by atomic mass is 19.1. The number of halogens is 1. The molecule has 4 aromatic rings. The molecular formula is C22H22FN5O2. The van der Waals surface area contributed by atoms with E-state index in [1.807, 2.05) is 45.0 Å². The molecule has 154 valence electrons. The molecule has 0 spiro atoms. The lowest BCUT2D eigenvalue weighted by Gasteiger charge is -2.31. The number of carboxylic acid groups (broad SMARTS) is 1. The summed E-state index contributed by atoms with van der Waals surface area (Å²) < 4.78 is 13.8. The second-order valence-corrected chi connectivity index (χ2v) is 8.33. The molecule has 0 aliphatic carbocycles. The predicted octanol–water partition coefficient (Wildman–Crippen LogP) is 4.61. The zero-order chi connectivity index (χ0) is 21.5. The monoisotopic (exact) mass is 407 g/mol. The quantitative estimate of drug-likeness (QED) is 0.446. The van der Waals surface area contributed by atoms with Gasteiger partial charge in [-0.1, -0.05) is 32.9 Å². The third kappa shape index (κ3) is 3.80. The Labute approximate surface area is 172 Å². The smallest absolute Gasteiger partial charge is 0.305 e. The first-order valence-corrected chi connectivity index (χ1v) is 9.60. The van der Waals surface area contributed by atoms with Gasteiger partial charge in [-0.3, -0.25) is 4.79 Å². The highest BCUT2D eigenvalue weighted by Crippen LogP contribution is 2.32. The number of carboxylic acids is 1. The normalized spacial score (nSPS) is 12.9. The number of fused-ring (bicyclic) bond motifs is 2. The van der Waals surface area contributed by atoms with Crippen molar-refractivity contribution in [1.29, 1.82) is 0 Å². The Hall–Kier alpha value is -3.55. The van der Waals surface area contributed by atoms with Gasteiger partial charge in [0.25, 0.3) is 0 Å². The average Bonchev–Trinajstić information content (AvgIpc) is 3.09. The predicted molar refractivity (Wildman–Crippen MR) is 114 cm³/mol. The maximum Gasteiger partial charge on any atom is 0.305 e. The molecule has 0 bridgehead atoms. The van der Waals surface area contributed by atoms with E-state index in [2.05, 4.69) is 20.3 Å². The van der Waals surface area contributed by atoms with Crippen molar-refractivity contribution in [3.05, 3.63) is 48.5 Å². The fourth-order valence-corrected chi connectivity index (χ4v) is 3.38. The lowest BCUT2D eigenvalue weighted by Crippen LogP contribution is -2.36. The molecule has 0 radical (unpaired) electrons. The Morgan fingerprint density at radius 2 is 2.00 bits per heavy atom. The van der Waals surface area contributed by atoms with Crippen LogP contribution in [0.3, 0.4) is 0 Å². The summed E-state index contributed by atoms with van der Waals surface area (Å²) in [6.45, 7) is 5.93. The Balaban J connectivity index is 1.87. The maximum absolute atomic E-state index is 13.8. The minimum absolute atomic E-state index is 0.0562. The van der Waals surface area contributed by atoms with Gasteiger partial charge < -0.3 is 15.4 Å². The summed E-state index contributed by atoms with van der Waals surface area (Å²) in [6, 6.07) is 8.54. The number of pyridine rings is 1. The largest absolute Gasteiger partial charge is 0.481 e. The molecule has 0 saturated heterocycles. The van der Waals surface area contributed by atoms with Crippen LogP contribution in [-0.2, 0) is 4.79 Å². The number of nitrogens with one attached hydrogen (secondary N) is 2. The van der Waals surface area contributed by atoms with E-state index in [0.29, 0.717) is 33.8 Å². The SMILES string of the molecule is CC(C)(C)[C@@H](CC(=O)O)Nc1nc(-c2c[nH]c3ncc(F)cc23)nc2ccccc12. The standard InChI is InChI=1S/C22H22FN5O2/c1-22(2,3)17(9-18(29)30)27-20-13-6-4-5-7-16(13)26-21(28-20)15-11-25-19-14(15)8-12(23)10-24-19/h4-8,10-11,17H,9H2,1-3H3,(H,24,25)(H,29,30)(H,26,27,28)/t17-/m1/s1. The zero-order valence-electron chi connectivity index (χ0n) is 16.9. The number of carbonyl (C=O) groups is 1. The van der Waals surface area contributed by atoms with Crippen LogP contribution in [0.15, 0.2) is 42.7 Å². The highest BCUT2D eigenvalue weighted by Gasteiger charge is 2.28. The molecule has 3 N–H and O–H groups in total. The van der Waals surface area contributed by atoms with Gasteiger partial charge in [0, 0.05) is 28.6 Å². The zero-order valence-corrected chi connectivity index (χ0v) is 16.9. The topological polar surface area (TPSA) is 104 Å². The number of aliphatic carboxylic acids is 1. The van der Waals surface area contributed by atoms with E-state index >= 15 is 0 Å². The first kappa shape index (κ1) is 19.8. The number of para-hydroxylation sites is 1. The van der Waals surface area contributed by atoms with Crippen LogP contribution >= 0.6 is 0 Å². The molecule has 1 aromatic carbocycles. The van der Waals surface area contributed by atoms with Crippen molar-refractivity contribution in [2.24, 2.45) is 5.41 Å². The Morgan fingerprint density at radius 3 is 2.73 bits per heavy atom. The second kappa shape index (κ2) is 7.37. The number of hydrogen-bond donors (Lipinski definition) is 3. The minimum atomic E-state index is -0.890. The van der Waals surface area contributed by atoms with Crippen molar-refractivity contribution < 1.29 is 14.3 Å². The van der Waals surface area contributed by atoms with Crippen LogP contribution in [0.4, 0.5) is 10.2 Å².